The van der Waals surface area contributed by atoms with Crippen molar-refractivity contribution in [2.45, 2.75) is 25.0 Å². The van der Waals surface area contributed by atoms with E-state index >= 15 is 0 Å². The van der Waals surface area contributed by atoms with Crippen LogP contribution in [0.4, 0.5) is 14.6 Å². The van der Waals surface area contributed by atoms with E-state index in [9.17, 15) is 18.4 Å². The number of rotatable bonds is 4. The van der Waals surface area contributed by atoms with Crippen LogP contribution >= 0.6 is 0 Å². The number of hydrogen-bond donors (Lipinski definition) is 1. The van der Waals surface area contributed by atoms with Crippen molar-refractivity contribution in [1.82, 2.24) is 20.5 Å². The van der Waals surface area contributed by atoms with Gasteiger partial charge in [0.25, 0.3) is 11.8 Å². The van der Waals surface area contributed by atoms with Gasteiger partial charge in [-0.2, -0.15) is 8.78 Å². The molecule has 0 saturated carbocycles. The number of aromatic nitrogens is 3. The highest BCUT2D eigenvalue weighted by molar-refractivity contribution is 6.01. The number of ether oxygens (including phenoxy) is 1. The van der Waals surface area contributed by atoms with Gasteiger partial charge >= 0.3 is 17.7 Å². The molecule has 0 spiro atoms. The lowest BCUT2D eigenvalue weighted by Crippen LogP contribution is -2.53. The van der Waals surface area contributed by atoms with E-state index in [0.717, 1.165) is 0 Å². The molecule has 0 bridgehead atoms. The summed E-state index contributed by atoms with van der Waals surface area (Å²) in [7, 11) is 1.49. The van der Waals surface area contributed by atoms with Crippen LogP contribution in [-0.2, 0) is 10.7 Å². The Balaban J connectivity index is 1.55. The van der Waals surface area contributed by atoms with E-state index in [0.29, 0.717) is 11.6 Å². The molecule has 3 heterocycles. The SMILES string of the molecule is C[C@H]1Oc2cccnc2N(C)C(=O)[C@H]1NC(=O)c1nnc(C(F)(F)c2ccccc2)o1. The topological polar surface area (TPSA) is 110 Å². The summed E-state index contributed by atoms with van der Waals surface area (Å²) in [4.78, 5) is 30.8. The number of fused-ring (bicyclic) bond motifs is 1. The van der Waals surface area contributed by atoms with Crippen LogP contribution < -0.4 is 15.0 Å². The number of anilines is 1. The number of pyridine rings is 1. The van der Waals surface area contributed by atoms with E-state index in [-0.39, 0.29) is 5.56 Å². The van der Waals surface area contributed by atoms with Gasteiger partial charge in [-0.15, -0.1) is 10.2 Å². The van der Waals surface area contributed by atoms with E-state index in [2.05, 4.69) is 20.5 Å². The van der Waals surface area contributed by atoms with Gasteiger partial charge in [0, 0.05) is 18.8 Å². The Labute approximate surface area is 175 Å². The van der Waals surface area contributed by atoms with Crippen molar-refractivity contribution in [1.29, 1.82) is 0 Å². The average Bonchev–Trinajstić information content (AvgIpc) is 3.26. The average molecular weight is 429 g/mol. The predicted octanol–water partition coefficient (Wildman–Crippen LogP) is 2.15. The van der Waals surface area contributed by atoms with Crippen LogP contribution in [0.2, 0.25) is 0 Å². The fourth-order valence-corrected chi connectivity index (χ4v) is 3.10. The molecule has 1 aromatic carbocycles. The Morgan fingerprint density at radius 1 is 1.16 bits per heavy atom. The number of hydrogen-bond acceptors (Lipinski definition) is 7. The minimum atomic E-state index is -3.59. The van der Waals surface area contributed by atoms with Crippen LogP contribution in [-0.4, -0.2) is 46.2 Å². The normalized spacial score (nSPS) is 18.7. The molecule has 2 aromatic heterocycles. The zero-order valence-electron chi connectivity index (χ0n) is 16.5. The molecule has 0 radical (unpaired) electrons. The van der Waals surface area contributed by atoms with Gasteiger partial charge < -0.3 is 14.5 Å². The van der Waals surface area contributed by atoms with Crippen molar-refractivity contribution < 1.29 is 27.5 Å². The highest BCUT2D eigenvalue weighted by atomic mass is 19.3. The monoisotopic (exact) mass is 429 g/mol. The highest BCUT2D eigenvalue weighted by Gasteiger charge is 2.42. The van der Waals surface area contributed by atoms with Crippen molar-refractivity contribution in [3.05, 3.63) is 66.0 Å². The summed E-state index contributed by atoms with van der Waals surface area (Å²) in [6.07, 6.45) is 0.722. The fourth-order valence-electron chi connectivity index (χ4n) is 3.10. The van der Waals surface area contributed by atoms with E-state index in [1.807, 2.05) is 0 Å². The lowest BCUT2D eigenvalue weighted by atomic mass is 10.1. The molecule has 1 aliphatic heterocycles. The zero-order chi connectivity index (χ0) is 22.2. The summed E-state index contributed by atoms with van der Waals surface area (Å²) in [5, 5.41) is 9.16. The van der Waals surface area contributed by atoms with Gasteiger partial charge in [0.05, 0.1) is 0 Å². The fraction of sp³-hybridized carbons (Fsp3) is 0.250. The molecular weight excluding hydrogens is 412 g/mol. The van der Waals surface area contributed by atoms with Crippen molar-refractivity contribution >= 4 is 17.6 Å². The maximum Gasteiger partial charge on any atom is 0.349 e. The molecule has 0 fully saturated rings. The molecule has 1 N–H and O–H groups in total. The number of nitrogens with one attached hydrogen (secondary N) is 1. The van der Waals surface area contributed by atoms with Crippen molar-refractivity contribution in [2.24, 2.45) is 0 Å². The molecule has 9 nitrogen and oxygen atoms in total. The Kier molecular flexibility index (Phi) is 5.09. The number of benzene rings is 1. The second-order valence-electron chi connectivity index (χ2n) is 6.85. The van der Waals surface area contributed by atoms with Gasteiger partial charge in [-0.05, 0) is 19.1 Å². The van der Waals surface area contributed by atoms with Crippen molar-refractivity contribution in [3.8, 4) is 5.75 Å². The summed E-state index contributed by atoms with van der Waals surface area (Å²) >= 11 is 0. The summed E-state index contributed by atoms with van der Waals surface area (Å²) in [5.41, 5.74) is -0.363. The minimum Gasteiger partial charge on any atom is -0.484 e. The third kappa shape index (κ3) is 3.69. The molecule has 3 aromatic rings. The van der Waals surface area contributed by atoms with Crippen molar-refractivity contribution in [2.75, 3.05) is 11.9 Å². The van der Waals surface area contributed by atoms with Crippen LogP contribution in [0.3, 0.4) is 0 Å². The molecule has 0 saturated heterocycles. The summed E-state index contributed by atoms with van der Waals surface area (Å²) in [6, 6.07) is 9.02. The van der Waals surface area contributed by atoms with Crippen LogP contribution in [0.15, 0.2) is 53.1 Å². The van der Waals surface area contributed by atoms with Crippen LogP contribution in [0.25, 0.3) is 0 Å². The van der Waals surface area contributed by atoms with Crippen LogP contribution in [0.1, 0.15) is 29.1 Å². The van der Waals surface area contributed by atoms with E-state index in [4.69, 9.17) is 9.15 Å². The van der Waals surface area contributed by atoms with Crippen LogP contribution in [0.5, 0.6) is 5.75 Å². The highest BCUT2D eigenvalue weighted by Crippen LogP contribution is 2.34. The minimum absolute atomic E-state index is 0.290. The molecule has 31 heavy (non-hydrogen) atoms. The second-order valence-corrected chi connectivity index (χ2v) is 6.85. The van der Waals surface area contributed by atoms with Crippen LogP contribution in [0, 0.1) is 0 Å². The molecule has 0 unspecified atom stereocenters. The maximum atomic E-state index is 14.6. The molecular formula is C20H17F2N5O4. The summed E-state index contributed by atoms with van der Waals surface area (Å²) < 4.78 is 39.8. The summed E-state index contributed by atoms with van der Waals surface area (Å²) in [6.45, 7) is 1.58. The van der Waals surface area contributed by atoms with Gasteiger partial charge in [-0.25, -0.2) is 4.98 Å². The number of nitrogens with zero attached hydrogens (tertiary/aromatic N) is 4. The molecule has 2 atom stereocenters. The zero-order valence-corrected chi connectivity index (χ0v) is 16.5. The molecule has 2 amide bonds. The number of likely N-dealkylation sites (N-methyl/N-ethyl adjacent to an activating group) is 1. The largest absolute Gasteiger partial charge is 0.484 e. The number of carbonyl (C=O) groups excluding carboxylic acids is 2. The first kappa shape index (κ1) is 20.4. The molecule has 11 heteroatoms. The molecule has 160 valence electrons. The number of halogens is 2. The smallest absolute Gasteiger partial charge is 0.349 e. The Hall–Kier alpha value is -3.89. The van der Waals surface area contributed by atoms with E-state index in [1.54, 1.807) is 25.1 Å². The lowest BCUT2D eigenvalue weighted by molar-refractivity contribution is -0.121. The third-order valence-corrected chi connectivity index (χ3v) is 4.76. The molecule has 1 aliphatic rings. The Bertz CT molecular complexity index is 1120. The van der Waals surface area contributed by atoms with E-state index < -0.39 is 41.7 Å². The Morgan fingerprint density at radius 3 is 2.65 bits per heavy atom. The lowest BCUT2D eigenvalue weighted by Gasteiger charge is -2.22. The van der Waals surface area contributed by atoms with Gasteiger partial charge in [-0.3, -0.25) is 14.5 Å². The van der Waals surface area contributed by atoms with Crippen molar-refractivity contribution in [3.63, 3.8) is 0 Å². The van der Waals surface area contributed by atoms with Gasteiger partial charge in [-0.1, -0.05) is 30.3 Å². The standard InChI is InChI=1S/C20H17F2N5O4/c1-11-14(18(29)27(2)15-13(30-11)9-6-10-23-15)24-16(28)17-25-26-19(31-17)20(21,22)12-7-4-3-5-8-12/h3-11,14H,1-2H3,(H,24,28)/t11-,14+/m1/s1. The Morgan fingerprint density at radius 2 is 1.90 bits per heavy atom. The first-order chi connectivity index (χ1) is 14.8. The summed E-state index contributed by atoms with van der Waals surface area (Å²) in [5.74, 6) is -6.16. The van der Waals surface area contributed by atoms with Gasteiger partial charge in [0.15, 0.2) is 11.6 Å². The quantitative estimate of drug-likeness (QED) is 0.677. The number of carbonyl (C=O) groups is 2. The number of alkyl halides is 2. The third-order valence-electron chi connectivity index (χ3n) is 4.76. The molecule has 4 rings (SSSR count). The van der Waals surface area contributed by atoms with Gasteiger partial charge in [0.1, 0.15) is 12.1 Å². The van der Waals surface area contributed by atoms with E-state index in [1.165, 1.54) is 42.4 Å². The molecule has 0 aliphatic carbocycles. The van der Waals surface area contributed by atoms with Gasteiger partial charge in [0.2, 0.25) is 0 Å². The second kappa shape index (κ2) is 7.74. The predicted molar refractivity (Wildman–Crippen MR) is 103 cm³/mol. The number of amides is 2. The first-order valence-electron chi connectivity index (χ1n) is 9.26. The maximum absolute atomic E-state index is 14.6. The first-order valence-corrected chi connectivity index (χ1v) is 9.26.